The topological polar surface area (TPSA) is 29.1 Å². The van der Waals surface area contributed by atoms with Gasteiger partial charge in [-0.15, -0.1) is 5.46 Å². The number of carbonyl (C=O) groups is 1. The summed E-state index contributed by atoms with van der Waals surface area (Å²) >= 11 is 0. The van der Waals surface area contributed by atoms with Crippen LogP contribution in [0.5, 0.6) is 0 Å². The van der Waals surface area contributed by atoms with Crippen LogP contribution in [0.1, 0.15) is 0 Å². The maximum absolute atomic E-state index is 12.2. The van der Waals surface area contributed by atoms with Crippen molar-refractivity contribution in [3.05, 3.63) is 24.3 Å². The average molecular weight is 188 g/mol. The Morgan fingerprint density at radius 3 is 2.54 bits per heavy atom. The van der Waals surface area contributed by atoms with Crippen molar-refractivity contribution in [2.75, 3.05) is 5.32 Å². The molecular formula is C7H6BF3NO-. The summed E-state index contributed by atoms with van der Waals surface area (Å²) in [5, 5.41) is 2.15. The van der Waals surface area contributed by atoms with Crippen LogP contribution in [-0.4, -0.2) is 13.4 Å². The fourth-order valence-corrected chi connectivity index (χ4v) is 0.900. The zero-order chi connectivity index (χ0) is 9.90. The van der Waals surface area contributed by atoms with E-state index < -0.39 is 12.4 Å². The van der Waals surface area contributed by atoms with Gasteiger partial charge in [0.1, 0.15) is 0 Å². The molecule has 0 aromatic heterocycles. The third-order valence-corrected chi connectivity index (χ3v) is 1.49. The van der Waals surface area contributed by atoms with Gasteiger partial charge in [0.2, 0.25) is 6.41 Å². The predicted molar refractivity (Wildman–Crippen MR) is 44.8 cm³/mol. The number of benzene rings is 1. The Labute approximate surface area is 72.8 Å². The standard InChI is InChI=1S/C7H6BF3NO/c9-8(10,11)6-2-1-3-7(4-6)12-5-13/h1-5H,(H,12,13)/q-1. The van der Waals surface area contributed by atoms with Crippen LogP contribution in [0.3, 0.4) is 0 Å². The van der Waals surface area contributed by atoms with Crippen LogP contribution in [0.4, 0.5) is 18.6 Å². The molecule has 1 aromatic rings. The molecule has 1 amide bonds. The maximum Gasteiger partial charge on any atom is 0.509 e. The highest BCUT2D eigenvalue weighted by atomic mass is 19.4. The zero-order valence-corrected chi connectivity index (χ0v) is 6.51. The Bertz CT molecular complexity index is 313. The molecule has 1 rings (SSSR count). The number of nitrogens with one attached hydrogen (secondary N) is 1. The first kappa shape index (κ1) is 9.63. The van der Waals surface area contributed by atoms with E-state index in [4.69, 9.17) is 0 Å². The third-order valence-electron chi connectivity index (χ3n) is 1.49. The van der Waals surface area contributed by atoms with Crippen molar-refractivity contribution in [2.45, 2.75) is 0 Å². The molecule has 13 heavy (non-hydrogen) atoms. The van der Waals surface area contributed by atoms with Crippen molar-refractivity contribution in [1.82, 2.24) is 0 Å². The largest absolute Gasteiger partial charge is 0.509 e. The second kappa shape index (κ2) is 3.51. The van der Waals surface area contributed by atoms with E-state index in [-0.39, 0.29) is 5.69 Å². The van der Waals surface area contributed by atoms with Crippen molar-refractivity contribution >= 4 is 24.5 Å². The lowest BCUT2D eigenvalue weighted by Crippen LogP contribution is -2.33. The van der Waals surface area contributed by atoms with Gasteiger partial charge in [0.05, 0.1) is 0 Å². The van der Waals surface area contributed by atoms with Crippen LogP contribution < -0.4 is 10.8 Å². The van der Waals surface area contributed by atoms with Gasteiger partial charge in [0, 0.05) is 5.69 Å². The van der Waals surface area contributed by atoms with Crippen LogP contribution in [0.2, 0.25) is 0 Å². The van der Waals surface area contributed by atoms with Crippen LogP contribution in [-0.2, 0) is 4.79 Å². The highest BCUT2D eigenvalue weighted by molar-refractivity contribution is 6.73. The quantitative estimate of drug-likeness (QED) is 0.562. The fourth-order valence-electron chi connectivity index (χ4n) is 0.900. The molecule has 70 valence electrons. The first-order valence-corrected chi connectivity index (χ1v) is 3.54. The second-order valence-electron chi connectivity index (χ2n) is 2.46. The van der Waals surface area contributed by atoms with Gasteiger partial charge in [-0.05, 0) is 6.07 Å². The van der Waals surface area contributed by atoms with Gasteiger partial charge in [-0.25, -0.2) is 0 Å². The normalized spacial score (nSPS) is 11.0. The monoisotopic (exact) mass is 188 g/mol. The molecule has 6 heteroatoms. The summed E-state index contributed by atoms with van der Waals surface area (Å²) in [5.41, 5.74) is -0.571. The van der Waals surface area contributed by atoms with Gasteiger partial charge >= 0.3 is 6.98 Å². The first-order chi connectivity index (χ1) is 6.04. The number of anilines is 1. The summed E-state index contributed by atoms with van der Waals surface area (Å²) in [6.07, 6.45) is 0.336. The molecule has 0 heterocycles. The van der Waals surface area contributed by atoms with Gasteiger partial charge in [0.15, 0.2) is 0 Å². The molecular weight excluding hydrogens is 182 g/mol. The van der Waals surface area contributed by atoms with E-state index in [1.54, 1.807) is 0 Å². The lowest BCUT2D eigenvalue weighted by atomic mass is 9.80. The summed E-state index contributed by atoms with van der Waals surface area (Å²) in [5.74, 6) is 0. The summed E-state index contributed by atoms with van der Waals surface area (Å²) in [6.45, 7) is -4.99. The van der Waals surface area contributed by atoms with Crippen molar-refractivity contribution in [3.8, 4) is 0 Å². The SMILES string of the molecule is O=CNc1cccc([B-](F)(F)F)c1. The van der Waals surface area contributed by atoms with Crippen molar-refractivity contribution in [3.63, 3.8) is 0 Å². The van der Waals surface area contributed by atoms with Crippen molar-refractivity contribution < 1.29 is 17.7 Å². The summed E-state index contributed by atoms with van der Waals surface area (Å²) in [4.78, 5) is 9.95. The van der Waals surface area contributed by atoms with E-state index in [1.165, 1.54) is 12.1 Å². The Balaban J connectivity index is 2.98. The molecule has 0 saturated carbocycles. The van der Waals surface area contributed by atoms with Crippen LogP contribution in [0.25, 0.3) is 0 Å². The number of halogens is 3. The highest BCUT2D eigenvalue weighted by Gasteiger charge is 2.25. The molecule has 0 saturated heterocycles. The van der Waals surface area contributed by atoms with E-state index in [0.717, 1.165) is 12.1 Å². The Morgan fingerprint density at radius 1 is 1.31 bits per heavy atom. The molecule has 0 aliphatic carbocycles. The van der Waals surface area contributed by atoms with E-state index in [2.05, 4.69) is 5.32 Å². The predicted octanol–water partition coefficient (Wildman–Crippen LogP) is 1.31. The van der Waals surface area contributed by atoms with Gasteiger partial charge in [-0.1, -0.05) is 18.2 Å². The van der Waals surface area contributed by atoms with Crippen LogP contribution >= 0.6 is 0 Å². The molecule has 2 nitrogen and oxygen atoms in total. The minimum atomic E-state index is -4.99. The molecule has 0 aliphatic rings. The van der Waals surface area contributed by atoms with Crippen molar-refractivity contribution in [2.24, 2.45) is 0 Å². The van der Waals surface area contributed by atoms with Gasteiger partial charge in [0.25, 0.3) is 0 Å². The Kier molecular flexibility index (Phi) is 2.60. The number of rotatable bonds is 3. The average Bonchev–Trinajstić information content (AvgIpc) is 2.04. The number of carbonyl (C=O) groups excluding carboxylic acids is 1. The summed E-state index contributed by atoms with van der Waals surface area (Å²) in [7, 11) is 0. The summed E-state index contributed by atoms with van der Waals surface area (Å²) in [6, 6.07) is 4.50. The first-order valence-electron chi connectivity index (χ1n) is 3.54. The van der Waals surface area contributed by atoms with Gasteiger partial charge < -0.3 is 18.3 Å². The third kappa shape index (κ3) is 2.50. The molecule has 0 bridgehead atoms. The molecule has 1 N–H and O–H groups in total. The minimum absolute atomic E-state index is 0.145. The smallest absolute Gasteiger partial charge is 0.445 e. The molecule has 0 spiro atoms. The minimum Gasteiger partial charge on any atom is -0.445 e. The molecule has 0 aliphatic heterocycles. The Morgan fingerprint density at radius 2 is 2.00 bits per heavy atom. The van der Waals surface area contributed by atoms with Gasteiger partial charge in [-0.2, -0.15) is 0 Å². The number of amides is 1. The summed E-state index contributed by atoms with van der Waals surface area (Å²) < 4.78 is 36.5. The lowest BCUT2D eigenvalue weighted by molar-refractivity contribution is -0.105. The molecule has 0 atom stereocenters. The van der Waals surface area contributed by atoms with E-state index in [1.807, 2.05) is 0 Å². The van der Waals surface area contributed by atoms with Crippen molar-refractivity contribution in [1.29, 1.82) is 0 Å². The molecule has 0 radical (unpaired) electrons. The molecule has 1 aromatic carbocycles. The van der Waals surface area contributed by atoms with Crippen LogP contribution in [0, 0.1) is 0 Å². The van der Waals surface area contributed by atoms with E-state index >= 15 is 0 Å². The van der Waals surface area contributed by atoms with Crippen LogP contribution in [0.15, 0.2) is 24.3 Å². The lowest BCUT2D eigenvalue weighted by Gasteiger charge is -2.15. The Hall–Kier alpha value is -1.46. The number of hydrogen-bond donors (Lipinski definition) is 1. The van der Waals surface area contributed by atoms with E-state index in [9.17, 15) is 17.7 Å². The second-order valence-corrected chi connectivity index (χ2v) is 2.46. The zero-order valence-electron chi connectivity index (χ0n) is 6.51. The molecule has 0 unspecified atom stereocenters. The van der Waals surface area contributed by atoms with Gasteiger partial charge in [-0.3, -0.25) is 4.79 Å². The maximum atomic E-state index is 12.2. The highest BCUT2D eigenvalue weighted by Crippen LogP contribution is 2.11. The molecule has 0 fully saturated rings. The van der Waals surface area contributed by atoms with E-state index in [0.29, 0.717) is 6.41 Å². The number of hydrogen-bond acceptors (Lipinski definition) is 1. The fraction of sp³-hybridized carbons (Fsp3) is 0.